The Bertz CT molecular complexity index is 148. The summed E-state index contributed by atoms with van der Waals surface area (Å²) in [6, 6.07) is 2.13. The van der Waals surface area contributed by atoms with Gasteiger partial charge >= 0.3 is 0 Å². The molecular weight excluding hydrogens is 110 g/mol. The third kappa shape index (κ3) is 2.92. The van der Waals surface area contributed by atoms with Gasteiger partial charge in [0, 0.05) is 5.57 Å². The molecule has 0 rings (SSSR count). The van der Waals surface area contributed by atoms with Crippen molar-refractivity contribution in [3.63, 3.8) is 0 Å². The molecule has 0 unspecified atom stereocenters. The molecule has 0 aliphatic carbocycles. The van der Waals surface area contributed by atoms with Gasteiger partial charge in [-0.3, -0.25) is 0 Å². The summed E-state index contributed by atoms with van der Waals surface area (Å²) < 4.78 is 0. The van der Waals surface area contributed by atoms with Crippen molar-refractivity contribution in [3.05, 3.63) is 11.1 Å². The Balaban J connectivity index is 3.98. The first-order valence-electron chi connectivity index (χ1n) is 3.28. The number of rotatable bonds is 2. The molecule has 0 bridgehead atoms. The Morgan fingerprint density at radius 1 is 1.44 bits per heavy atom. The van der Waals surface area contributed by atoms with Crippen molar-refractivity contribution in [3.8, 4) is 6.07 Å². The van der Waals surface area contributed by atoms with Gasteiger partial charge in [0.25, 0.3) is 0 Å². The second-order valence-corrected chi connectivity index (χ2v) is 2.27. The predicted molar refractivity (Wildman–Crippen MR) is 38.9 cm³/mol. The smallest absolute Gasteiger partial charge is 0.0943 e. The molecule has 0 N–H and O–H groups in total. The van der Waals surface area contributed by atoms with Gasteiger partial charge in [-0.15, -0.1) is 0 Å². The lowest BCUT2D eigenvalue weighted by Crippen LogP contribution is -1.79. The molecule has 0 aliphatic rings. The van der Waals surface area contributed by atoms with Crippen LogP contribution in [0.2, 0.25) is 0 Å². The van der Waals surface area contributed by atoms with Crippen LogP contribution in [0.15, 0.2) is 11.1 Å². The Morgan fingerprint density at radius 2 is 2.00 bits per heavy atom. The maximum absolute atomic E-state index is 8.42. The van der Waals surface area contributed by atoms with E-state index in [1.54, 1.807) is 0 Å². The lowest BCUT2D eigenvalue weighted by molar-refractivity contribution is 0.896. The number of hydrogen-bond donors (Lipinski definition) is 0. The molecule has 0 radical (unpaired) electrons. The van der Waals surface area contributed by atoms with E-state index in [2.05, 4.69) is 13.0 Å². The Labute approximate surface area is 57.0 Å². The highest BCUT2D eigenvalue weighted by Crippen LogP contribution is 2.07. The minimum Gasteiger partial charge on any atom is -0.193 e. The summed E-state index contributed by atoms with van der Waals surface area (Å²) in [6.07, 6.45) is 2.18. The van der Waals surface area contributed by atoms with Gasteiger partial charge in [-0.25, -0.2) is 0 Å². The van der Waals surface area contributed by atoms with Gasteiger partial charge in [-0.2, -0.15) is 5.26 Å². The van der Waals surface area contributed by atoms with Gasteiger partial charge in [0.05, 0.1) is 6.07 Å². The number of hydrogen-bond acceptors (Lipinski definition) is 1. The molecule has 0 amide bonds. The molecule has 0 spiro atoms. The average molecular weight is 123 g/mol. The van der Waals surface area contributed by atoms with E-state index in [9.17, 15) is 0 Å². The lowest BCUT2D eigenvalue weighted by Gasteiger charge is -1.96. The normalized spacial score (nSPS) is 12.2. The van der Waals surface area contributed by atoms with Crippen molar-refractivity contribution in [1.82, 2.24) is 0 Å². The Morgan fingerprint density at radius 3 is 2.33 bits per heavy atom. The molecule has 0 fully saturated rings. The van der Waals surface area contributed by atoms with E-state index in [0.29, 0.717) is 0 Å². The maximum Gasteiger partial charge on any atom is 0.0943 e. The van der Waals surface area contributed by atoms with Crippen molar-refractivity contribution in [2.75, 3.05) is 0 Å². The van der Waals surface area contributed by atoms with Crippen molar-refractivity contribution in [2.24, 2.45) is 0 Å². The van der Waals surface area contributed by atoms with Crippen LogP contribution in [0.5, 0.6) is 0 Å². The highest BCUT2D eigenvalue weighted by Gasteiger charge is 1.91. The van der Waals surface area contributed by atoms with Crippen LogP contribution in [-0.4, -0.2) is 0 Å². The third-order valence-electron chi connectivity index (χ3n) is 1.43. The predicted octanol–water partition coefficient (Wildman–Crippen LogP) is 2.65. The third-order valence-corrected chi connectivity index (χ3v) is 1.43. The second-order valence-electron chi connectivity index (χ2n) is 2.27. The SMILES string of the molecule is CCCC(C)=C(C)C#N. The standard InChI is InChI=1S/C8H13N/c1-4-5-7(2)8(3)6-9/h4-5H2,1-3H3. The molecule has 50 valence electrons. The molecule has 0 heterocycles. The first kappa shape index (κ1) is 8.23. The summed E-state index contributed by atoms with van der Waals surface area (Å²) in [5, 5.41) is 8.42. The number of allylic oxidation sites excluding steroid dienone is 2. The summed E-state index contributed by atoms with van der Waals surface area (Å²) in [5.41, 5.74) is 2.09. The molecule has 1 heteroatoms. The zero-order valence-electron chi connectivity index (χ0n) is 6.36. The number of nitrogens with zero attached hydrogens (tertiary/aromatic N) is 1. The van der Waals surface area contributed by atoms with Crippen LogP contribution in [0, 0.1) is 11.3 Å². The molecular formula is C8H13N. The van der Waals surface area contributed by atoms with Gasteiger partial charge in [0.15, 0.2) is 0 Å². The van der Waals surface area contributed by atoms with Gasteiger partial charge in [-0.05, 0) is 20.3 Å². The second kappa shape index (κ2) is 4.14. The average Bonchev–Trinajstić information content (AvgIpc) is 1.87. The molecule has 9 heavy (non-hydrogen) atoms. The molecule has 0 aromatic rings. The largest absolute Gasteiger partial charge is 0.193 e. The van der Waals surface area contributed by atoms with Crippen LogP contribution >= 0.6 is 0 Å². The monoisotopic (exact) mass is 123 g/mol. The zero-order chi connectivity index (χ0) is 7.28. The van der Waals surface area contributed by atoms with Gasteiger partial charge in [0.1, 0.15) is 0 Å². The first-order valence-corrected chi connectivity index (χ1v) is 3.28. The fourth-order valence-corrected chi connectivity index (χ4v) is 0.658. The van der Waals surface area contributed by atoms with E-state index in [-0.39, 0.29) is 0 Å². The summed E-state index contributed by atoms with van der Waals surface area (Å²) in [7, 11) is 0. The van der Waals surface area contributed by atoms with Crippen LogP contribution in [-0.2, 0) is 0 Å². The minimum atomic E-state index is 0.872. The highest BCUT2D eigenvalue weighted by atomic mass is 14.2. The summed E-state index contributed by atoms with van der Waals surface area (Å²) in [4.78, 5) is 0. The van der Waals surface area contributed by atoms with Crippen LogP contribution in [0.1, 0.15) is 33.6 Å². The maximum atomic E-state index is 8.42. The van der Waals surface area contributed by atoms with Gasteiger partial charge < -0.3 is 0 Å². The van der Waals surface area contributed by atoms with Crippen LogP contribution in [0.4, 0.5) is 0 Å². The highest BCUT2D eigenvalue weighted by molar-refractivity contribution is 5.23. The Kier molecular flexibility index (Phi) is 3.79. The molecule has 0 saturated carbocycles. The summed E-state index contributed by atoms with van der Waals surface area (Å²) >= 11 is 0. The van der Waals surface area contributed by atoms with Crippen LogP contribution in [0.3, 0.4) is 0 Å². The molecule has 0 aliphatic heterocycles. The summed E-state index contributed by atoms with van der Waals surface area (Å²) in [5.74, 6) is 0. The van der Waals surface area contributed by atoms with Crippen molar-refractivity contribution >= 4 is 0 Å². The van der Waals surface area contributed by atoms with Crippen molar-refractivity contribution in [2.45, 2.75) is 33.6 Å². The van der Waals surface area contributed by atoms with Gasteiger partial charge in [-0.1, -0.05) is 18.9 Å². The fraction of sp³-hybridized carbons (Fsp3) is 0.625. The van der Waals surface area contributed by atoms with E-state index in [1.807, 2.05) is 13.8 Å². The van der Waals surface area contributed by atoms with Gasteiger partial charge in [0.2, 0.25) is 0 Å². The van der Waals surface area contributed by atoms with E-state index < -0.39 is 0 Å². The van der Waals surface area contributed by atoms with E-state index in [0.717, 1.165) is 18.4 Å². The van der Waals surface area contributed by atoms with E-state index in [4.69, 9.17) is 5.26 Å². The van der Waals surface area contributed by atoms with Crippen LogP contribution < -0.4 is 0 Å². The topological polar surface area (TPSA) is 23.8 Å². The van der Waals surface area contributed by atoms with E-state index >= 15 is 0 Å². The lowest BCUT2D eigenvalue weighted by atomic mass is 10.1. The molecule has 0 aromatic heterocycles. The molecule has 0 atom stereocenters. The number of nitriles is 1. The van der Waals surface area contributed by atoms with Crippen molar-refractivity contribution < 1.29 is 0 Å². The molecule has 0 aromatic carbocycles. The Hall–Kier alpha value is -0.770. The fourth-order valence-electron chi connectivity index (χ4n) is 0.658. The minimum absolute atomic E-state index is 0.872. The molecule has 1 nitrogen and oxygen atoms in total. The van der Waals surface area contributed by atoms with E-state index in [1.165, 1.54) is 5.57 Å². The van der Waals surface area contributed by atoms with Crippen molar-refractivity contribution in [1.29, 1.82) is 5.26 Å². The molecule has 0 saturated heterocycles. The zero-order valence-corrected chi connectivity index (χ0v) is 6.36. The summed E-state index contributed by atoms with van der Waals surface area (Å²) in [6.45, 7) is 6.00. The van der Waals surface area contributed by atoms with Crippen LogP contribution in [0.25, 0.3) is 0 Å². The first-order chi connectivity index (χ1) is 4.22. The quantitative estimate of drug-likeness (QED) is 0.518.